The summed E-state index contributed by atoms with van der Waals surface area (Å²) in [5, 5.41) is 0.926. The van der Waals surface area contributed by atoms with Crippen LogP contribution in [0.1, 0.15) is 79.6 Å². The molecule has 158 valence electrons. The number of hydrogen-bond acceptors (Lipinski definition) is 3. The van der Waals surface area contributed by atoms with Crippen molar-refractivity contribution in [2.45, 2.75) is 71.8 Å². The average molecular weight is 438 g/mol. The third kappa shape index (κ3) is 6.61. The zero-order valence-electron chi connectivity index (χ0n) is 17.2. The molecule has 0 radical (unpaired) electrons. The van der Waals surface area contributed by atoms with Crippen molar-refractivity contribution in [3.63, 3.8) is 0 Å². The lowest BCUT2D eigenvalue weighted by Crippen LogP contribution is -2.18. The summed E-state index contributed by atoms with van der Waals surface area (Å²) < 4.78 is 1.47. The first-order valence-electron chi connectivity index (χ1n) is 10.3. The molecule has 29 heavy (non-hydrogen) atoms. The van der Waals surface area contributed by atoms with Crippen LogP contribution in [0.3, 0.4) is 0 Å². The maximum atomic E-state index is 12.4. The van der Waals surface area contributed by atoms with Crippen LogP contribution in [0.4, 0.5) is 0 Å². The third-order valence-electron chi connectivity index (χ3n) is 4.94. The van der Waals surface area contributed by atoms with Gasteiger partial charge in [0.2, 0.25) is 5.78 Å². The molecule has 0 aliphatic rings. The first kappa shape index (κ1) is 23.5. The number of ketones is 1. The molecule has 1 aromatic heterocycles. The zero-order chi connectivity index (χ0) is 21.2. The molecule has 0 N–H and O–H groups in total. The van der Waals surface area contributed by atoms with Gasteiger partial charge in [0.05, 0.1) is 10.0 Å². The minimum atomic E-state index is -0.549. The summed E-state index contributed by atoms with van der Waals surface area (Å²) in [4.78, 5) is 29.7. The van der Waals surface area contributed by atoms with Gasteiger partial charge in [-0.05, 0) is 54.5 Å². The quantitative estimate of drug-likeness (QED) is 0.160. The minimum absolute atomic E-state index is 0.216. The van der Waals surface area contributed by atoms with Gasteiger partial charge >= 0.3 is 0 Å². The van der Waals surface area contributed by atoms with E-state index in [1.54, 1.807) is 12.1 Å². The third-order valence-corrected chi connectivity index (χ3v) is 5.68. The summed E-state index contributed by atoms with van der Waals surface area (Å²) in [5.74, 6) is -0.549. The van der Waals surface area contributed by atoms with Gasteiger partial charge in [-0.15, -0.1) is 0 Å². The van der Waals surface area contributed by atoms with Crippen molar-refractivity contribution >= 4 is 35.3 Å². The van der Waals surface area contributed by atoms with Crippen LogP contribution in [-0.4, -0.2) is 16.8 Å². The Balaban J connectivity index is 2.31. The van der Waals surface area contributed by atoms with Gasteiger partial charge in [0.25, 0.3) is 0 Å². The second kappa shape index (κ2) is 12.0. The predicted molar refractivity (Wildman–Crippen MR) is 118 cm³/mol. The van der Waals surface area contributed by atoms with Crippen molar-refractivity contribution in [1.29, 1.82) is 0 Å². The number of hydrogen-bond donors (Lipinski definition) is 0. The summed E-state index contributed by atoms with van der Waals surface area (Å²) in [6, 6.07) is 5.27. The van der Waals surface area contributed by atoms with Crippen molar-refractivity contribution in [3.8, 4) is 0 Å². The molecule has 0 unspecified atom stereocenters. The highest BCUT2D eigenvalue weighted by Gasteiger charge is 2.22. The Morgan fingerprint density at radius 3 is 2.34 bits per heavy atom. The van der Waals surface area contributed by atoms with Gasteiger partial charge in [-0.25, -0.2) is 0 Å². The van der Waals surface area contributed by atoms with Crippen LogP contribution < -0.4 is 4.84 Å². The Kier molecular flexibility index (Phi) is 9.75. The van der Waals surface area contributed by atoms with Gasteiger partial charge in [-0.3, -0.25) is 9.59 Å². The van der Waals surface area contributed by atoms with E-state index in [1.807, 2.05) is 12.3 Å². The minimum Gasteiger partial charge on any atom is -0.409 e. The molecule has 0 fully saturated rings. The second-order valence-corrected chi connectivity index (χ2v) is 8.04. The van der Waals surface area contributed by atoms with Crippen molar-refractivity contribution < 1.29 is 14.4 Å². The molecule has 2 rings (SSSR count). The molecule has 0 atom stereocenters. The summed E-state index contributed by atoms with van der Waals surface area (Å²) in [7, 11) is 0. The molecular weight excluding hydrogens is 409 g/mol. The smallest absolute Gasteiger partial charge is 0.245 e. The number of aryl methyl sites for hydroxylation is 1. The number of nitrogens with zero attached hydrogens (tertiary/aromatic N) is 1. The lowest BCUT2D eigenvalue weighted by Gasteiger charge is -2.11. The van der Waals surface area contributed by atoms with Crippen LogP contribution in [0.2, 0.25) is 10.0 Å². The van der Waals surface area contributed by atoms with Gasteiger partial charge in [-0.2, -0.15) is 4.73 Å². The average Bonchev–Trinajstić information content (AvgIpc) is 3.06. The number of rotatable bonds is 13. The van der Waals surface area contributed by atoms with Gasteiger partial charge in [0, 0.05) is 6.20 Å². The van der Waals surface area contributed by atoms with Gasteiger partial charge in [0.15, 0.2) is 6.29 Å². The number of Topliss-reactive ketones (excluding diaryl/α,β-unsaturated/α-hetero) is 1. The van der Waals surface area contributed by atoms with Gasteiger partial charge in [0.1, 0.15) is 12.3 Å². The van der Waals surface area contributed by atoms with Crippen LogP contribution in [-0.2, 0) is 24.2 Å². The lowest BCUT2D eigenvalue weighted by molar-refractivity contribution is -0.104. The largest absolute Gasteiger partial charge is 0.409 e. The highest BCUT2D eigenvalue weighted by Crippen LogP contribution is 2.25. The van der Waals surface area contributed by atoms with Gasteiger partial charge in [-0.1, -0.05) is 68.8 Å². The lowest BCUT2D eigenvalue weighted by atomic mass is 9.98. The summed E-state index contributed by atoms with van der Waals surface area (Å²) >= 11 is 12.0. The molecule has 0 aliphatic carbocycles. The molecule has 1 heterocycles. The van der Waals surface area contributed by atoms with Gasteiger partial charge < -0.3 is 4.84 Å². The monoisotopic (exact) mass is 437 g/mol. The Bertz CT molecular complexity index is 830. The summed E-state index contributed by atoms with van der Waals surface area (Å²) in [6.07, 6.45) is 10.3. The van der Waals surface area contributed by atoms with E-state index < -0.39 is 5.78 Å². The number of unbranched alkanes of at least 4 members (excludes halogenated alkanes) is 4. The van der Waals surface area contributed by atoms with Crippen LogP contribution >= 0.6 is 23.2 Å². The first-order valence-corrected chi connectivity index (χ1v) is 11.1. The molecule has 2 aromatic rings. The zero-order valence-corrected chi connectivity index (χ0v) is 18.7. The molecule has 0 aliphatic heterocycles. The molecule has 0 saturated carbocycles. The molecule has 0 amide bonds. The summed E-state index contributed by atoms with van der Waals surface area (Å²) in [5.41, 5.74) is 3.22. The van der Waals surface area contributed by atoms with E-state index in [0.29, 0.717) is 22.0 Å². The van der Waals surface area contributed by atoms with Crippen LogP contribution in [0.25, 0.3) is 0 Å². The molecule has 6 heteroatoms. The molecule has 0 bridgehead atoms. The Morgan fingerprint density at radius 2 is 1.72 bits per heavy atom. The van der Waals surface area contributed by atoms with E-state index in [9.17, 15) is 9.59 Å². The molecule has 0 saturated heterocycles. The predicted octanol–water partition coefficient (Wildman–Crippen LogP) is 6.27. The fourth-order valence-corrected chi connectivity index (χ4v) is 3.69. The molecule has 0 spiro atoms. The molecule has 1 aromatic carbocycles. The Labute approximate surface area is 183 Å². The number of aldehydes is 1. The highest BCUT2D eigenvalue weighted by molar-refractivity contribution is 6.42. The van der Waals surface area contributed by atoms with Crippen molar-refractivity contribution in [2.75, 3.05) is 0 Å². The van der Waals surface area contributed by atoms with Crippen molar-refractivity contribution in [2.24, 2.45) is 0 Å². The number of carbonyl (C=O) groups excluding carboxylic acids is 2. The van der Waals surface area contributed by atoms with E-state index in [1.165, 1.54) is 4.73 Å². The van der Waals surface area contributed by atoms with Crippen LogP contribution in [0, 0.1) is 0 Å². The van der Waals surface area contributed by atoms with E-state index in [2.05, 4.69) is 13.8 Å². The normalized spacial score (nSPS) is 10.9. The molecule has 4 nitrogen and oxygen atoms in total. The number of aromatic nitrogens is 1. The van der Waals surface area contributed by atoms with Crippen LogP contribution in [0.15, 0.2) is 24.4 Å². The first-order chi connectivity index (χ1) is 14.0. The maximum absolute atomic E-state index is 12.4. The van der Waals surface area contributed by atoms with E-state index in [4.69, 9.17) is 28.0 Å². The topological polar surface area (TPSA) is 48.3 Å². The van der Waals surface area contributed by atoms with E-state index in [-0.39, 0.29) is 6.61 Å². The Hall–Kier alpha value is -1.78. The van der Waals surface area contributed by atoms with Crippen LogP contribution in [0.5, 0.6) is 0 Å². The number of carbonyl (C=O) groups is 2. The fraction of sp³-hybridized carbons (Fsp3) is 0.478. The van der Waals surface area contributed by atoms with Crippen molar-refractivity contribution in [3.05, 3.63) is 56.8 Å². The number of halogens is 2. The second-order valence-electron chi connectivity index (χ2n) is 7.23. The van der Waals surface area contributed by atoms with E-state index in [0.717, 1.165) is 68.1 Å². The molecular formula is C23H29Cl2NO3. The standard InChI is InChI=1S/C23H29Cl2NO3/c1-3-5-7-9-18-14-26(29-16-17-11-12-20(24)21(25)13-17)23(22(28)15-27)19(18)10-8-6-4-2/h11-15H,3-10,16H2,1-2H3. The highest BCUT2D eigenvalue weighted by atomic mass is 35.5. The SMILES string of the molecule is CCCCCc1cn(OCc2ccc(Cl)c(Cl)c2)c(C(=O)C=O)c1CCCCC. The summed E-state index contributed by atoms with van der Waals surface area (Å²) in [6.45, 7) is 4.52. The van der Waals surface area contributed by atoms with E-state index >= 15 is 0 Å². The van der Waals surface area contributed by atoms with Crippen molar-refractivity contribution in [1.82, 2.24) is 4.73 Å². The number of benzene rings is 1. The maximum Gasteiger partial charge on any atom is 0.245 e. The fourth-order valence-electron chi connectivity index (χ4n) is 3.37. The Morgan fingerprint density at radius 1 is 1.03 bits per heavy atom.